The summed E-state index contributed by atoms with van der Waals surface area (Å²) in [5.41, 5.74) is 1.54. The van der Waals surface area contributed by atoms with E-state index in [4.69, 9.17) is 0 Å². The van der Waals surface area contributed by atoms with E-state index in [2.05, 4.69) is 16.9 Å². The standard InChI is InChI=1S/C17H21N3O2S/c1-11-6-7-13(10-21)9-20(11)17(22)15-12(2)19-16(23-15)14-5-3-4-8-18-14/h3-5,8,11,13,21H,6-7,9-10H2,1-2H3. The fraction of sp³-hybridized carbons (Fsp3) is 0.471. The van der Waals surface area contributed by atoms with Crippen LogP contribution >= 0.6 is 11.3 Å². The Balaban J connectivity index is 1.86. The number of likely N-dealkylation sites (tertiary alicyclic amines) is 1. The van der Waals surface area contributed by atoms with Crippen molar-refractivity contribution in [3.63, 3.8) is 0 Å². The van der Waals surface area contributed by atoms with Crippen LogP contribution in [0.4, 0.5) is 0 Å². The summed E-state index contributed by atoms with van der Waals surface area (Å²) in [4.78, 5) is 24.3. The molecule has 1 aliphatic heterocycles. The van der Waals surface area contributed by atoms with Gasteiger partial charge in [-0.05, 0) is 44.7 Å². The molecule has 0 radical (unpaired) electrons. The number of nitrogens with zero attached hydrogens (tertiary/aromatic N) is 3. The van der Waals surface area contributed by atoms with Crippen molar-refractivity contribution in [2.24, 2.45) is 5.92 Å². The number of aliphatic hydroxyl groups is 1. The van der Waals surface area contributed by atoms with Gasteiger partial charge < -0.3 is 10.0 Å². The van der Waals surface area contributed by atoms with Crippen LogP contribution in [-0.2, 0) is 0 Å². The van der Waals surface area contributed by atoms with E-state index >= 15 is 0 Å². The highest BCUT2D eigenvalue weighted by Crippen LogP contribution is 2.30. The summed E-state index contributed by atoms with van der Waals surface area (Å²) in [6, 6.07) is 5.88. The van der Waals surface area contributed by atoms with Crippen molar-refractivity contribution >= 4 is 17.2 Å². The van der Waals surface area contributed by atoms with Crippen molar-refractivity contribution in [1.29, 1.82) is 0 Å². The first kappa shape index (κ1) is 16.1. The van der Waals surface area contributed by atoms with Gasteiger partial charge in [-0.25, -0.2) is 4.98 Å². The summed E-state index contributed by atoms with van der Waals surface area (Å²) in [6.07, 6.45) is 3.64. The predicted octanol–water partition coefficient (Wildman–Crippen LogP) is 2.75. The number of hydrogen-bond acceptors (Lipinski definition) is 5. The highest BCUT2D eigenvalue weighted by atomic mass is 32.1. The lowest BCUT2D eigenvalue weighted by Crippen LogP contribution is -2.46. The van der Waals surface area contributed by atoms with Crippen LogP contribution in [0.1, 0.15) is 35.1 Å². The molecule has 3 heterocycles. The Kier molecular flexibility index (Phi) is 4.73. The molecule has 122 valence electrons. The molecular formula is C17H21N3O2S. The normalized spacial score (nSPS) is 21.4. The van der Waals surface area contributed by atoms with Crippen LogP contribution in [0.2, 0.25) is 0 Å². The van der Waals surface area contributed by atoms with Crippen LogP contribution in [0.3, 0.4) is 0 Å². The fourth-order valence-electron chi connectivity index (χ4n) is 2.94. The van der Waals surface area contributed by atoms with Crippen molar-refractivity contribution in [2.75, 3.05) is 13.2 Å². The first-order chi connectivity index (χ1) is 11.1. The van der Waals surface area contributed by atoms with E-state index in [1.54, 1.807) is 6.20 Å². The summed E-state index contributed by atoms with van der Waals surface area (Å²) in [6.45, 7) is 4.69. The minimum Gasteiger partial charge on any atom is -0.396 e. The molecule has 5 nitrogen and oxygen atoms in total. The Morgan fingerprint density at radius 3 is 2.96 bits per heavy atom. The highest BCUT2D eigenvalue weighted by molar-refractivity contribution is 7.17. The van der Waals surface area contributed by atoms with E-state index in [0.717, 1.165) is 29.2 Å². The van der Waals surface area contributed by atoms with Gasteiger partial charge in [0.25, 0.3) is 5.91 Å². The molecular weight excluding hydrogens is 310 g/mol. The number of carbonyl (C=O) groups is 1. The van der Waals surface area contributed by atoms with Gasteiger partial charge in [0.2, 0.25) is 0 Å². The van der Waals surface area contributed by atoms with Gasteiger partial charge in [0, 0.05) is 25.4 Å². The van der Waals surface area contributed by atoms with Crippen molar-refractivity contribution in [3.8, 4) is 10.7 Å². The smallest absolute Gasteiger partial charge is 0.266 e. The molecule has 0 aliphatic carbocycles. The lowest BCUT2D eigenvalue weighted by molar-refractivity contribution is 0.0492. The average Bonchev–Trinajstić information content (AvgIpc) is 2.97. The first-order valence-corrected chi connectivity index (χ1v) is 8.72. The van der Waals surface area contributed by atoms with Crippen LogP contribution < -0.4 is 0 Å². The van der Waals surface area contributed by atoms with E-state index < -0.39 is 0 Å². The topological polar surface area (TPSA) is 66.3 Å². The van der Waals surface area contributed by atoms with Crippen molar-refractivity contribution < 1.29 is 9.90 Å². The lowest BCUT2D eigenvalue weighted by atomic mass is 9.94. The van der Waals surface area contributed by atoms with E-state index in [0.29, 0.717) is 11.4 Å². The lowest BCUT2D eigenvalue weighted by Gasteiger charge is -2.37. The molecule has 0 bridgehead atoms. The third kappa shape index (κ3) is 3.28. The molecule has 1 N–H and O–H groups in total. The van der Waals surface area contributed by atoms with Crippen LogP contribution in [0, 0.1) is 12.8 Å². The molecule has 1 saturated heterocycles. The maximum atomic E-state index is 12.9. The van der Waals surface area contributed by atoms with E-state index in [-0.39, 0.29) is 24.5 Å². The van der Waals surface area contributed by atoms with Gasteiger partial charge in [-0.15, -0.1) is 11.3 Å². The summed E-state index contributed by atoms with van der Waals surface area (Å²) < 4.78 is 0. The number of aryl methyl sites for hydroxylation is 1. The predicted molar refractivity (Wildman–Crippen MR) is 90.4 cm³/mol. The molecule has 0 aromatic carbocycles. The number of aliphatic hydroxyl groups excluding tert-OH is 1. The maximum Gasteiger partial charge on any atom is 0.266 e. The van der Waals surface area contributed by atoms with E-state index in [9.17, 15) is 9.90 Å². The second-order valence-electron chi connectivity index (χ2n) is 6.08. The quantitative estimate of drug-likeness (QED) is 0.939. The minimum absolute atomic E-state index is 0.0211. The monoisotopic (exact) mass is 331 g/mol. The SMILES string of the molecule is Cc1nc(-c2ccccn2)sc1C(=O)N1CC(CO)CCC1C. The third-order valence-electron chi connectivity index (χ3n) is 4.37. The molecule has 0 spiro atoms. The first-order valence-electron chi connectivity index (χ1n) is 7.90. The van der Waals surface area contributed by atoms with Crippen molar-refractivity contribution in [1.82, 2.24) is 14.9 Å². The molecule has 1 aliphatic rings. The Morgan fingerprint density at radius 1 is 1.43 bits per heavy atom. The zero-order valence-corrected chi connectivity index (χ0v) is 14.2. The summed E-state index contributed by atoms with van der Waals surface area (Å²) in [5.74, 6) is 0.200. The zero-order chi connectivity index (χ0) is 16.4. The number of pyridine rings is 1. The molecule has 1 amide bonds. The highest BCUT2D eigenvalue weighted by Gasteiger charge is 2.31. The minimum atomic E-state index is 0.0211. The number of carbonyl (C=O) groups excluding carboxylic acids is 1. The van der Waals surface area contributed by atoms with Crippen molar-refractivity contribution in [2.45, 2.75) is 32.7 Å². The van der Waals surface area contributed by atoms with Gasteiger partial charge in [-0.3, -0.25) is 9.78 Å². The van der Waals surface area contributed by atoms with Crippen LogP contribution in [0.5, 0.6) is 0 Å². The molecule has 2 atom stereocenters. The van der Waals surface area contributed by atoms with Gasteiger partial charge in [0.05, 0.1) is 11.4 Å². The van der Waals surface area contributed by atoms with Gasteiger partial charge >= 0.3 is 0 Å². The Bertz CT molecular complexity index is 686. The van der Waals surface area contributed by atoms with Gasteiger partial charge in [0.15, 0.2) is 0 Å². The van der Waals surface area contributed by atoms with Crippen LogP contribution in [0.25, 0.3) is 10.7 Å². The van der Waals surface area contributed by atoms with E-state index in [1.807, 2.05) is 30.0 Å². The maximum absolute atomic E-state index is 12.9. The largest absolute Gasteiger partial charge is 0.396 e. The van der Waals surface area contributed by atoms with E-state index in [1.165, 1.54) is 11.3 Å². The Hall–Kier alpha value is -1.79. The van der Waals surface area contributed by atoms with Crippen molar-refractivity contribution in [3.05, 3.63) is 35.0 Å². The number of thiazole rings is 1. The Labute approximate surface area is 140 Å². The van der Waals surface area contributed by atoms with Crippen LogP contribution in [0.15, 0.2) is 24.4 Å². The average molecular weight is 331 g/mol. The summed E-state index contributed by atoms with van der Waals surface area (Å²) >= 11 is 1.40. The fourth-order valence-corrected chi connectivity index (χ4v) is 3.94. The molecule has 3 rings (SSSR count). The molecule has 23 heavy (non-hydrogen) atoms. The second kappa shape index (κ2) is 6.76. The number of rotatable bonds is 3. The van der Waals surface area contributed by atoms with Gasteiger partial charge in [0.1, 0.15) is 9.88 Å². The molecule has 6 heteroatoms. The van der Waals surface area contributed by atoms with Gasteiger partial charge in [-0.2, -0.15) is 0 Å². The second-order valence-corrected chi connectivity index (χ2v) is 7.08. The summed E-state index contributed by atoms with van der Waals surface area (Å²) in [7, 11) is 0. The molecule has 2 aromatic heterocycles. The van der Waals surface area contributed by atoms with Crippen LogP contribution in [-0.4, -0.2) is 45.1 Å². The molecule has 0 saturated carbocycles. The number of hydrogen-bond donors (Lipinski definition) is 1. The number of amides is 1. The zero-order valence-electron chi connectivity index (χ0n) is 13.4. The van der Waals surface area contributed by atoms with Gasteiger partial charge in [-0.1, -0.05) is 6.07 Å². The number of aromatic nitrogens is 2. The molecule has 2 unspecified atom stereocenters. The molecule has 1 fully saturated rings. The number of piperidine rings is 1. The summed E-state index contributed by atoms with van der Waals surface area (Å²) in [5, 5.41) is 10.2. The third-order valence-corrected chi connectivity index (χ3v) is 5.54. The molecule has 2 aromatic rings. The Morgan fingerprint density at radius 2 is 2.26 bits per heavy atom.